The van der Waals surface area contributed by atoms with Gasteiger partial charge in [0, 0.05) is 15.2 Å². The standard InChI is InChI=1S/C16H9F3INO2S/c17-16(18,19)11-6-2-7-12(14(11)20)24(22,23)13-8-1-4-10-5-3-9-21-15(10)13/h1-9H. The van der Waals surface area contributed by atoms with Crippen LogP contribution in [0.25, 0.3) is 10.9 Å². The van der Waals surface area contributed by atoms with E-state index in [4.69, 9.17) is 0 Å². The van der Waals surface area contributed by atoms with E-state index < -0.39 is 21.6 Å². The Morgan fingerprint density at radius 2 is 1.54 bits per heavy atom. The van der Waals surface area contributed by atoms with Gasteiger partial charge in [0.2, 0.25) is 9.84 Å². The molecule has 0 saturated heterocycles. The van der Waals surface area contributed by atoms with Crippen molar-refractivity contribution in [1.29, 1.82) is 0 Å². The fourth-order valence-corrected chi connectivity index (χ4v) is 5.41. The lowest BCUT2D eigenvalue weighted by Crippen LogP contribution is -2.12. The van der Waals surface area contributed by atoms with Gasteiger partial charge in [0.05, 0.1) is 20.9 Å². The van der Waals surface area contributed by atoms with E-state index in [1.165, 1.54) is 47.0 Å². The maximum Gasteiger partial charge on any atom is 0.417 e. The van der Waals surface area contributed by atoms with Crippen LogP contribution in [-0.4, -0.2) is 13.4 Å². The molecule has 0 aliphatic carbocycles. The van der Waals surface area contributed by atoms with Gasteiger partial charge in [-0.2, -0.15) is 13.2 Å². The minimum Gasteiger partial charge on any atom is -0.255 e. The zero-order valence-electron chi connectivity index (χ0n) is 11.9. The Bertz CT molecular complexity index is 1030. The van der Waals surface area contributed by atoms with E-state index in [0.717, 1.165) is 12.1 Å². The van der Waals surface area contributed by atoms with Crippen molar-refractivity contribution in [3.05, 3.63) is 63.9 Å². The van der Waals surface area contributed by atoms with Crippen molar-refractivity contribution in [3.63, 3.8) is 0 Å². The number of benzene rings is 2. The number of aromatic nitrogens is 1. The summed E-state index contributed by atoms with van der Waals surface area (Å²) < 4.78 is 64.7. The quantitative estimate of drug-likeness (QED) is 0.519. The minimum absolute atomic E-state index is 0.113. The number of hydrogen-bond acceptors (Lipinski definition) is 3. The van der Waals surface area contributed by atoms with Crippen LogP contribution in [0.1, 0.15) is 5.56 Å². The molecular weight excluding hydrogens is 454 g/mol. The molecule has 0 radical (unpaired) electrons. The molecule has 0 spiro atoms. The van der Waals surface area contributed by atoms with Crippen molar-refractivity contribution in [3.8, 4) is 0 Å². The van der Waals surface area contributed by atoms with E-state index >= 15 is 0 Å². The second-order valence-electron chi connectivity index (χ2n) is 4.95. The summed E-state index contributed by atoms with van der Waals surface area (Å²) in [6.07, 6.45) is -3.18. The molecule has 0 N–H and O–H groups in total. The SMILES string of the molecule is O=S(=O)(c1cccc(C(F)(F)F)c1I)c1cccc2cccnc12. The maximum absolute atomic E-state index is 13.1. The Labute approximate surface area is 149 Å². The summed E-state index contributed by atoms with van der Waals surface area (Å²) in [7, 11) is -4.15. The second kappa shape index (κ2) is 5.99. The van der Waals surface area contributed by atoms with E-state index in [-0.39, 0.29) is 18.9 Å². The topological polar surface area (TPSA) is 47.0 Å². The van der Waals surface area contributed by atoms with Crippen molar-refractivity contribution in [2.75, 3.05) is 0 Å². The molecule has 0 aliphatic rings. The average molecular weight is 463 g/mol. The number of hydrogen-bond donors (Lipinski definition) is 0. The summed E-state index contributed by atoms with van der Waals surface area (Å²) in [5.74, 6) is 0. The molecule has 0 aliphatic heterocycles. The smallest absolute Gasteiger partial charge is 0.255 e. The first-order valence-corrected chi connectivity index (χ1v) is 9.23. The molecule has 2 aromatic carbocycles. The maximum atomic E-state index is 13.1. The van der Waals surface area contributed by atoms with Crippen LogP contribution in [0.5, 0.6) is 0 Å². The van der Waals surface area contributed by atoms with Gasteiger partial charge < -0.3 is 0 Å². The lowest BCUT2D eigenvalue weighted by atomic mass is 10.2. The first-order valence-electron chi connectivity index (χ1n) is 6.67. The fraction of sp³-hybridized carbons (Fsp3) is 0.0625. The molecule has 8 heteroatoms. The van der Waals surface area contributed by atoms with Gasteiger partial charge in [-0.05, 0) is 46.9 Å². The van der Waals surface area contributed by atoms with Crippen molar-refractivity contribution in [2.24, 2.45) is 0 Å². The zero-order valence-corrected chi connectivity index (χ0v) is 14.9. The molecule has 0 unspecified atom stereocenters. The number of rotatable bonds is 2. The van der Waals surface area contributed by atoms with Gasteiger partial charge in [-0.3, -0.25) is 4.98 Å². The third-order valence-electron chi connectivity index (χ3n) is 3.44. The predicted octanol–water partition coefficient (Wildman–Crippen LogP) is 4.69. The Kier molecular flexibility index (Phi) is 4.28. The molecule has 0 amide bonds. The molecule has 0 bridgehead atoms. The molecule has 1 aromatic heterocycles. The first-order chi connectivity index (χ1) is 11.2. The van der Waals surface area contributed by atoms with Crippen LogP contribution in [0.15, 0.2) is 64.5 Å². The summed E-state index contributed by atoms with van der Waals surface area (Å²) in [6, 6.07) is 11.1. The molecule has 3 nitrogen and oxygen atoms in total. The molecule has 3 aromatic rings. The molecule has 0 fully saturated rings. The normalized spacial score (nSPS) is 12.5. The van der Waals surface area contributed by atoms with Gasteiger partial charge in [-0.25, -0.2) is 8.42 Å². The number of nitrogens with zero attached hydrogens (tertiary/aromatic N) is 1. The number of pyridine rings is 1. The van der Waals surface area contributed by atoms with Crippen LogP contribution in [0.4, 0.5) is 13.2 Å². The van der Waals surface area contributed by atoms with Crippen LogP contribution >= 0.6 is 22.6 Å². The van der Waals surface area contributed by atoms with Gasteiger partial charge >= 0.3 is 6.18 Å². The molecule has 0 atom stereocenters. The number of sulfone groups is 1. The molecule has 3 rings (SSSR count). The van der Waals surface area contributed by atoms with Crippen LogP contribution < -0.4 is 0 Å². The minimum atomic E-state index is -4.63. The van der Waals surface area contributed by atoms with Crippen LogP contribution in [0.3, 0.4) is 0 Å². The highest BCUT2D eigenvalue weighted by Gasteiger charge is 2.36. The molecule has 24 heavy (non-hydrogen) atoms. The third kappa shape index (κ3) is 2.88. The Morgan fingerprint density at radius 1 is 0.917 bits per heavy atom. The van der Waals surface area contributed by atoms with E-state index in [2.05, 4.69) is 4.98 Å². The highest BCUT2D eigenvalue weighted by atomic mass is 127. The largest absolute Gasteiger partial charge is 0.417 e. The van der Waals surface area contributed by atoms with Crippen molar-refractivity contribution in [2.45, 2.75) is 16.0 Å². The highest BCUT2D eigenvalue weighted by molar-refractivity contribution is 14.1. The van der Waals surface area contributed by atoms with Gasteiger partial charge in [0.15, 0.2) is 0 Å². The Morgan fingerprint density at radius 3 is 2.25 bits per heavy atom. The Hall–Kier alpha value is -1.68. The summed E-state index contributed by atoms with van der Waals surface area (Å²) in [4.78, 5) is 3.58. The Balaban J connectivity index is 2.29. The van der Waals surface area contributed by atoms with Gasteiger partial charge in [-0.1, -0.05) is 24.3 Å². The van der Waals surface area contributed by atoms with Gasteiger partial charge in [0.25, 0.3) is 0 Å². The second-order valence-corrected chi connectivity index (χ2v) is 7.92. The summed E-state index contributed by atoms with van der Waals surface area (Å²) in [6.45, 7) is 0. The number of halogens is 4. The van der Waals surface area contributed by atoms with Crippen molar-refractivity contribution in [1.82, 2.24) is 4.98 Å². The summed E-state index contributed by atoms with van der Waals surface area (Å²) >= 11 is 1.42. The zero-order chi connectivity index (χ0) is 17.5. The fourth-order valence-electron chi connectivity index (χ4n) is 2.35. The number of fused-ring (bicyclic) bond motifs is 1. The van der Waals surface area contributed by atoms with E-state index in [9.17, 15) is 21.6 Å². The summed E-state index contributed by atoms with van der Waals surface area (Å²) in [5, 5.41) is 0.598. The van der Waals surface area contributed by atoms with E-state index in [0.29, 0.717) is 5.39 Å². The van der Waals surface area contributed by atoms with E-state index in [1.807, 2.05) is 0 Å². The lowest BCUT2D eigenvalue weighted by molar-refractivity contribution is -0.138. The van der Waals surface area contributed by atoms with Crippen LogP contribution in [-0.2, 0) is 16.0 Å². The molecular formula is C16H9F3INO2S. The highest BCUT2D eigenvalue weighted by Crippen LogP contribution is 2.37. The van der Waals surface area contributed by atoms with Gasteiger partial charge in [-0.15, -0.1) is 0 Å². The molecule has 0 saturated carbocycles. The number of alkyl halides is 3. The van der Waals surface area contributed by atoms with Crippen molar-refractivity contribution >= 4 is 43.3 Å². The summed E-state index contributed by atoms with van der Waals surface area (Å²) in [5.41, 5.74) is -0.745. The molecule has 1 heterocycles. The molecule has 124 valence electrons. The van der Waals surface area contributed by atoms with Crippen molar-refractivity contribution < 1.29 is 21.6 Å². The third-order valence-corrected chi connectivity index (χ3v) is 6.80. The monoisotopic (exact) mass is 463 g/mol. The van der Waals surface area contributed by atoms with Crippen LogP contribution in [0, 0.1) is 3.57 Å². The average Bonchev–Trinajstić information content (AvgIpc) is 2.53. The van der Waals surface area contributed by atoms with Gasteiger partial charge in [0.1, 0.15) is 0 Å². The van der Waals surface area contributed by atoms with E-state index in [1.54, 1.807) is 18.2 Å². The predicted molar refractivity (Wildman–Crippen MR) is 91.4 cm³/mol. The van der Waals surface area contributed by atoms with Crippen LogP contribution in [0.2, 0.25) is 0 Å². The number of para-hydroxylation sites is 1. The first kappa shape index (κ1) is 17.2. The lowest BCUT2D eigenvalue weighted by Gasteiger charge is -2.14.